The maximum Gasteiger partial charge on any atom is 0.338 e. The smallest absolute Gasteiger partial charge is 0.338 e. The van der Waals surface area contributed by atoms with Crippen LogP contribution in [-0.2, 0) is 21.6 Å². The summed E-state index contributed by atoms with van der Waals surface area (Å²) < 4.78 is 11.2. The molecule has 1 fully saturated rings. The molecule has 4 N–H and O–H groups in total. The van der Waals surface area contributed by atoms with Gasteiger partial charge in [-0.15, -0.1) is 0 Å². The van der Waals surface area contributed by atoms with Gasteiger partial charge in [0.2, 0.25) is 0 Å². The number of benzene rings is 3. The monoisotopic (exact) mass is 541 g/mol. The van der Waals surface area contributed by atoms with E-state index in [0.29, 0.717) is 23.8 Å². The molecule has 4 rings (SSSR count). The maximum atomic E-state index is 12.7. The molecule has 40 heavy (non-hydrogen) atoms. The van der Waals surface area contributed by atoms with E-state index in [2.05, 4.69) is 37.9 Å². The second-order valence-electron chi connectivity index (χ2n) is 11.5. The maximum absolute atomic E-state index is 12.7. The van der Waals surface area contributed by atoms with Gasteiger partial charge in [-0.2, -0.15) is 0 Å². The van der Waals surface area contributed by atoms with E-state index in [1.165, 1.54) is 5.56 Å². The predicted octanol–water partition coefficient (Wildman–Crippen LogP) is 5.99. The van der Waals surface area contributed by atoms with E-state index in [0.717, 1.165) is 42.4 Å². The second-order valence-corrected chi connectivity index (χ2v) is 11.5. The summed E-state index contributed by atoms with van der Waals surface area (Å²) in [7, 11) is 0. The van der Waals surface area contributed by atoms with Crippen LogP contribution < -0.4 is 16.2 Å². The molecule has 7 heteroatoms. The Bertz CT molecular complexity index is 1310. The minimum Gasteiger partial charge on any atom is -0.457 e. The van der Waals surface area contributed by atoms with Gasteiger partial charge in [-0.05, 0) is 83.5 Å². The molecule has 210 valence electrons. The zero-order chi connectivity index (χ0) is 28.7. The zero-order valence-corrected chi connectivity index (χ0v) is 23.6. The fourth-order valence-electron chi connectivity index (χ4n) is 4.86. The van der Waals surface area contributed by atoms with Gasteiger partial charge in [0.05, 0.1) is 11.5 Å². The van der Waals surface area contributed by atoms with Crippen molar-refractivity contribution in [3.05, 3.63) is 89.5 Å². The second kappa shape index (κ2) is 12.8. The molecule has 7 nitrogen and oxygen atoms in total. The van der Waals surface area contributed by atoms with Crippen molar-refractivity contribution in [2.75, 3.05) is 6.54 Å². The van der Waals surface area contributed by atoms with E-state index < -0.39 is 0 Å². The van der Waals surface area contributed by atoms with Crippen LogP contribution in [0.25, 0.3) is 11.1 Å². The number of esters is 2. The first-order valence-electron chi connectivity index (χ1n) is 13.8. The molecule has 0 aliphatic heterocycles. The Balaban J connectivity index is 1.26. The molecule has 0 radical (unpaired) electrons. The summed E-state index contributed by atoms with van der Waals surface area (Å²) in [6.45, 7) is 7.34. The van der Waals surface area contributed by atoms with Crippen molar-refractivity contribution in [3.8, 4) is 16.9 Å². The molecule has 3 aromatic rings. The third kappa shape index (κ3) is 7.94. The molecule has 3 aromatic carbocycles. The Hall–Kier alpha value is -4.13. The first-order chi connectivity index (χ1) is 19.1. The highest BCUT2D eigenvalue weighted by Gasteiger charge is 2.27. The lowest BCUT2D eigenvalue weighted by Crippen LogP contribution is -2.28. The van der Waals surface area contributed by atoms with E-state index >= 15 is 0 Å². The summed E-state index contributed by atoms with van der Waals surface area (Å²) in [5, 5.41) is 0. The van der Waals surface area contributed by atoms with Gasteiger partial charge in [-0.3, -0.25) is 9.79 Å². The van der Waals surface area contributed by atoms with Gasteiger partial charge in [-0.25, -0.2) is 4.79 Å². The van der Waals surface area contributed by atoms with Crippen LogP contribution in [0, 0.1) is 11.8 Å². The lowest BCUT2D eigenvalue weighted by Gasteiger charge is -2.26. The molecule has 0 amide bonds. The van der Waals surface area contributed by atoms with Crippen LogP contribution in [0.3, 0.4) is 0 Å². The highest BCUT2D eigenvalue weighted by molar-refractivity contribution is 5.90. The number of carbonyl (C=O) groups is 2. The van der Waals surface area contributed by atoms with E-state index in [9.17, 15) is 9.59 Å². The summed E-state index contributed by atoms with van der Waals surface area (Å²) >= 11 is 0. The SMILES string of the molecule is CC(C)(C)c1ccc(COC(=O)c2ccc(-c3ccc(OC(=O)C4CCC(CN=C(N)N)CC4)cc3)cc2)cc1. The summed E-state index contributed by atoms with van der Waals surface area (Å²) in [6.07, 6.45) is 3.37. The molecule has 0 unspecified atom stereocenters. The molecule has 1 saturated carbocycles. The third-order valence-electron chi connectivity index (χ3n) is 7.43. The number of guanidine groups is 1. The van der Waals surface area contributed by atoms with Gasteiger partial charge >= 0.3 is 11.9 Å². The van der Waals surface area contributed by atoms with Crippen molar-refractivity contribution in [2.45, 2.75) is 58.5 Å². The number of nitrogens with zero attached hydrogens (tertiary/aromatic N) is 1. The number of hydrogen-bond donors (Lipinski definition) is 2. The minimum absolute atomic E-state index is 0.0819. The zero-order valence-electron chi connectivity index (χ0n) is 23.6. The van der Waals surface area contributed by atoms with Gasteiger partial charge in [0, 0.05) is 6.54 Å². The lowest BCUT2D eigenvalue weighted by atomic mass is 9.82. The molecule has 0 heterocycles. The van der Waals surface area contributed by atoms with Gasteiger partial charge in [-0.1, -0.05) is 69.3 Å². The van der Waals surface area contributed by atoms with Crippen LogP contribution in [0.4, 0.5) is 0 Å². The third-order valence-corrected chi connectivity index (χ3v) is 7.43. The van der Waals surface area contributed by atoms with Crippen LogP contribution in [0.15, 0.2) is 77.8 Å². The van der Waals surface area contributed by atoms with E-state index in [4.69, 9.17) is 20.9 Å². The first kappa shape index (κ1) is 28.9. The van der Waals surface area contributed by atoms with Crippen LogP contribution in [-0.4, -0.2) is 24.4 Å². The number of nitrogens with two attached hydrogens (primary N) is 2. The Labute approximate surface area is 236 Å². The molecular formula is C33H39N3O4. The van der Waals surface area contributed by atoms with Gasteiger partial charge in [0.15, 0.2) is 5.96 Å². The summed E-state index contributed by atoms with van der Waals surface area (Å²) in [5.41, 5.74) is 15.5. The van der Waals surface area contributed by atoms with Crippen molar-refractivity contribution in [3.63, 3.8) is 0 Å². The molecule has 0 saturated heterocycles. The summed E-state index contributed by atoms with van der Waals surface area (Å²) in [6, 6.07) is 22.9. The molecular weight excluding hydrogens is 502 g/mol. The fourth-order valence-corrected chi connectivity index (χ4v) is 4.86. The van der Waals surface area contributed by atoms with E-state index in [1.807, 2.05) is 36.4 Å². The largest absolute Gasteiger partial charge is 0.457 e. The minimum atomic E-state index is -0.362. The number of hydrogen-bond acceptors (Lipinski definition) is 5. The standard InChI is InChI=1S/C33H39N3O4/c1-33(2,3)28-16-6-23(7-17-28)21-39-30(37)26-12-10-24(11-13-26)25-14-18-29(19-15-25)40-31(38)27-8-4-22(5-9-27)20-36-32(34)35/h6-7,10-19,22,27H,4-5,8-9,20-21H2,1-3H3,(H4,34,35,36). The molecule has 0 atom stereocenters. The average Bonchev–Trinajstić information content (AvgIpc) is 2.95. The Morgan fingerprint density at radius 2 is 1.40 bits per heavy atom. The number of aliphatic imine (C=N–C) groups is 1. The van der Waals surface area contributed by atoms with Crippen molar-refractivity contribution < 1.29 is 19.1 Å². The number of carbonyl (C=O) groups excluding carboxylic acids is 2. The van der Waals surface area contributed by atoms with Crippen molar-refractivity contribution in [1.82, 2.24) is 0 Å². The fraction of sp³-hybridized carbons (Fsp3) is 0.364. The highest BCUT2D eigenvalue weighted by Crippen LogP contribution is 2.31. The first-order valence-corrected chi connectivity index (χ1v) is 13.8. The molecule has 1 aliphatic rings. The predicted molar refractivity (Wildman–Crippen MR) is 158 cm³/mol. The molecule has 0 spiro atoms. The quantitative estimate of drug-likeness (QED) is 0.156. The lowest BCUT2D eigenvalue weighted by molar-refractivity contribution is -0.140. The van der Waals surface area contributed by atoms with Crippen LogP contribution in [0.2, 0.25) is 0 Å². The van der Waals surface area contributed by atoms with Gasteiger partial charge in [0.25, 0.3) is 0 Å². The summed E-state index contributed by atoms with van der Waals surface area (Å²) in [4.78, 5) is 29.3. The van der Waals surface area contributed by atoms with Crippen LogP contribution >= 0.6 is 0 Å². The number of ether oxygens (including phenoxy) is 2. The van der Waals surface area contributed by atoms with Gasteiger partial charge in [0.1, 0.15) is 12.4 Å². The topological polar surface area (TPSA) is 117 Å². The number of rotatable bonds is 8. The van der Waals surface area contributed by atoms with E-state index in [-0.39, 0.29) is 35.8 Å². The van der Waals surface area contributed by atoms with Crippen molar-refractivity contribution in [2.24, 2.45) is 28.3 Å². The average molecular weight is 542 g/mol. The molecule has 1 aliphatic carbocycles. The van der Waals surface area contributed by atoms with Crippen LogP contribution in [0.1, 0.15) is 67.9 Å². The van der Waals surface area contributed by atoms with Crippen molar-refractivity contribution >= 4 is 17.9 Å². The Morgan fingerprint density at radius 1 is 0.825 bits per heavy atom. The summed E-state index contributed by atoms with van der Waals surface area (Å²) in [5.74, 6) is 0.374. The molecule has 0 aromatic heterocycles. The Kier molecular flexibility index (Phi) is 9.25. The van der Waals surface area contributed by atoms with Crippen LogP contribution in [0.5, 0.6) is 5.75 Å². The Morgan fingerprint density at radius 3 is 1.95 bits per heavy atom. The van der Waals surface area contributed by atoms with Gasteiger partial charge < -0.3 is 20.9 Å². The highest BCUT2D eigenvalue weighted by atomic mass is 16.5. The normalized spacial score (nSPS) is 17.1. The molecule has 0 bridgehead atoms. The van der Waals surface area contributed by atoms with Crippen molar-refractivity contribution in [1.29, 1.82) is 0 Å². The van der Waals surface area contributed by atoms with E-state index in [1.54, 1.807) is 24.3 Å².